The average molecular weight is 298 g/mol. The van der Waals surface area contributed by atoms with Crippen LogP contribution in [0.25, 0.3) is 11.1 Å². The van der Waals surface area contributed by atoms with E-state index in [9.17, 15) is 0 Å². The SMILES string of the molecule is C1=C(C2(C3=CCc4ccccc43)CCCC2)c2ccccc2C1. The third-order valence-electron chi connectivity index (χ3n) is 6.16. The highest BCUT2D eigenvalue weighted by atomic mass is 14.5. The van der Waals surface area contributed by atoms with Crippen LogP contribution in [0.2, 0.25) is 0 Å². The Bertz CT molecular complexity index is 763. The molecule has 0 N–H and O–H groups in total. The zero-order valence-electron chi connectivity index (χ0n) is 13.5. The Kier molecular flexibility index (Phi) is 2.88. The van der Waals surface area contributed by atoms with Crippen molar-refractivity contribution in [3.8, 4) is 0 Å². The fourth-order valence-corrected chi connectivity index (χ4v) is 5.13. The van der Waals surface area contributed by atoms with Gasteiger partial charge < -0.3 is 0 Å². The monoisotopic (exact) mass is 298 g/mol. The summed E-state index contributed by atoms with van der Waals surface area (Å²) in [6, 6.07) is 18.1. The van der Waals surface area contributed by atoms with Crippen LogP contribution in [-0.4, -0.2) is 0 Å². The van der Waals surface area contributed by atoms with Crippen LogP contribution in [0.3, 0.4) is 0 Å². The summed E-state index contributed by atoms with van der Waals surface area (Å²) in [6.45, 7) is 0. The molecule has 2 aromatic rings. The third-order valence-corrected chi connectivity index (χ3v) is 6.16. The molecule has 0 radical (unpaired) electrons. The normalized spacial score (nSPS) is 20.9. The Labute approximate surface area is 138 Å². The molecule has 0 heterocycles. The first-order chi connectivity index (χ1) is 11.4. The number of hydrogen-bond acceptors (Lipinski definition) is 0. The van der Waals surface area contributed by atoms with Crippen molar-refractivity contribution in [2.75, 3.05) is 0 Å². The van der Waals surface area contributed by atoms with E-state index in [1.807, 2.05) is 0 Å². The Morgan fingerprint density at radius 3 is 1.61 bits per heavy atom. The van der Waals surface area contributed by atoms with Crippen molar-refractivity contribution in [2.24, 2.45) is 5.41 Å². The van der Waals surface area contributed by atoms with Gasteiger partial charge in [0.15, 0.2) is 0 Å². The molecule has 5 rings (SSSR count). The smallest absolute Gasteiger partial charge is 0.0208 e. The minimum Gasteiger partial charge on any atom is -0.0754 e. The standard InChI is InChI=1S/C23H22/c1-3-9-19-17(7-1)11-13-21(19)23(15-5-6-16-23)22-14-12-18-8-2-4-10-20(18)22/h1-4,7-10,13-14H,5-6,11-12,15-16H2. The predicted octanol–water partition coefficient (Wildman–Crippen LogP) is 5.83. The number of hydrogen-bond donors (Lipinski definition) is 0. The lowest BCUT2D eigenvalue weighted by atomic mass is 9.69. The minimum atomic E-state index is 0.263. The third kappa shape index (κ3) is 1.84. The van der Waals surface area contributed by atoms with Gasteiger partial charge in [0, 0.05) is 5.41 Å². The maximum absolute atomic E-state index is 2.53. The summed E-state index contributed by atoms with van der Waals surface area (Å²) >= 11 is 0. The quantitative estimate of drug-likeness (QED) is 0.654. The summed E-state index contributed by atoms with van der Waals surface area (Å²) in [4.78, 5) is 0. The number of rotatable bonds is 2. The minimum absolute atomic E-state index is 0.263. The van der Waals surface area contributed by atoms with Crippen molar-refractivity contribution in [3.05, 3.63) is 82.9 Å². The Morgan fingerprint density at radius 1 is 0.609 bits per heavy atom. The van der Waals surface area contributed by atoms with Crippen LogP contribution in [0.4, 0.5) is 0 Å². The molecule has 0 heteroatoms. The van der Waals surface area contributed by atoms with Crippen LogP contribution in [0, 0.1) is 5.41 Å². The van der Waals surface area contributed by atoms with Gasteiger partial charge >= 0.3 is 0 Å². The Balaban J connectivity index is 1.67. The van der Waals surface area contributed by atoms with Gasteiger partial charge in [0.25, 0.3) is 0 Å². The summed E-state index contributed by atoms with van der Waals surface area (Å²) in [7, 11) is 0. The zero-order valence-corrected chi connectivity index (χ0v) is 13.5. The van der Waals surface area contributed by atoms with Crippen molar-refractivity contribution in [1.29, 1.82) is 0 Å². The van der Waals surface area contributed by atoms with Gasteiger partial charge in [-0.1, -0.05) is 73.5 Å². The average Bonchev–Trinajstić information content (AvgIpc) is 3.32. The van der Waals surface area contributed by atoms with Gasteiger partial charge in [-0.25, -0.2) is 0 Å². The molecule has 0 nitrogen and oxygen atoms in total. The summed E-state index contributed by atoms with van der Waals surface area (Å²) in [5.41, 5.74) is 9.56. The first-order valence-corrected chi connectivity index (χ1v) is 8.96. The lowest BCUT2D eigenvalue weighted by molar-refractivity contribution is 0.557. The van der Waals surface area contributed by atoms with E-state index in [1.165, 1.54) is 47.9 Å². The predicted molar refractivity (Wildman–Crippen MR) is 97.1 cm³/mol. The van der Waals surface area contributed by atoms with Crippen LogP contribution < -0.4 is 0 Å². The van der Waals surface area contributed by atoms with Crippen LogP contribution in [0.15, 0.2) is 60.7 Å². The molecule has 0 aliphatic heterocycles. The molecule has 23 heavy (non-hydrogen) atoms. The molecule has 114 valence electrons. The summed E-state index contributed by atoms with van der Waals surface area (Å²) in [5.74, 6) is 0. The molecule has 0 aromatic heterocycles. The molecular formula is C23H22. The summed E-state index contributed by atoms with van der Waals surface area (Å²) in [6.07, 6.45) is 12.6. The van der Waals surface area contributed by atoms with E-state index >= 15 is 0 Å². The summed E-state index contributed by atoms with van der Waals surface area (Å²) in [5, 5.41) is 0. The van der Waals surface area contributed by atoms with Gasteiger partial charge in [0.05, 0.1) is 0 Å². The number of benzene rings is 2. The van der Waals surface area contributed by atoms with Crippen LogP contribution in [0.5, 0.6) is 0 Å². The molecule has 0 saturated heterocycles. The number of allylic oxidation sites excluding steroid dienone is 4. The molecule has 1 saturated carbocycles. The zero-order chi connectivity index (χ0) is 15.3. The van der Waals surface area contributed by atoms with Crippen molar-refractivity contribution in [3.63, 3.8) is 0 Å². The second-order valence-corrected chi connectivity index (χ2v) is 7.25. The second kappa shape index (κ2) is 4.96. The van der Waals surface area contributed by atoms with Gasteiger partial charge in [-0.05, 0) is 59.1 Å². The highest BCUT2D eigenvalue weighted by molar-refractivity contribution is 5.91. The first kappa shape index (κ1) is 13.4. The Hall–Kier alpha value is -2.08. The molecule has 3 aliphatic carbocycles. The van der Waals surface area contributed by atoms with Crippen LogP contribution in [0.1, 0.15) is 47.9 Å². The maximum Gasteiger partial charge on any atom is 0.0208 e. The molecule has 0 bridgehead atoms. The largest absolute Gasteiger partial charge is 0.0754 e. The second-order valence-electron chi connectivity index (χ2n) is 7.25. The molecule has 0 unspecified atom stereocenters. The van der Waals surface area contributed by atoms with Crippen molar-refractivity contribution < 1.29 is 0 Å². The molecule has 0 spiro atoms. The molecule has 2 aromatic carbocycles. The summed E-state index contributed by atoms with van der Waals surface area (Å²) < 4.78 is 0. The van der Waals surface area contributed by atoms with Crippen molar-refractivity contribution in [1.82, 2.24) is 0 Å². The molecular weight excluding hydrogens is 276 g/mol. The van der Waals surface area contributed by atoms with E-state index in [1.54, 1.807) is 11.1 Å². The van der Waals surface area contributed by atoms with Crippen molar-refractivity contribution >= 4 is 11.1 Å². The van der Waals surface area contributed by atoms with E-state index in [0.29, 0.717) is 0 Å². The maximum atomic E-state index is 2.53. The molecule has 3 aliphatic rings. The Morgan fingerprint density at radius 2 is 1.09 bits per heavy atom. The van der Waals surface area contributed by atoms with Gasteiger partial charge in [0.1, 0.15) is 0 Å². The fraction of sp³-hybridized carbons (Fsp3) is 0.304. The van der Waals surface area contributed by atoms with Gasteiger partial charge in [-0.3, -0.25) is 0 Å². The van der Waals surface area contributed by atoms with E-state index in [2.05, 4.69) is 60.7 Å². The van der Waals surface area contributed by atoms with Crippen LogP contribution >= 0.6 is 0 Å². The van der Waals surface area contributed by atoms with Gasteiger partial charge in [-0.2, -0.15) is 0 Å². The topological polar surface area (TPSA) is 0 Å². The highest BCUT2D eigenvalue weighted by Gasteiger charge is 2.44. The fourth-order valence-electron chi connectivity index (χ4n) is 5.13. The highest BCUT2D eigenvalue weighted by Crippen LogP contribution is 2.59. The lowest BCUT2D eigenvalue weighted by Gasteiger charge is -2.34. The van der Waals surface area contributed by atoms with Crippen LogP contribution in [-0.2, 0) is 12.8 Å². The van der Waals surface area contributed by atoms with Gasteiger partial charge in [0.2, 0.25) is 0 Å². The number of fused-ring (bicyclic) bond motifs is 2. The van der Waals surface area contributed by atoms with E-state index < -0.39 is 0 Å². The van der Waals surface area contributed by atoms with Gasteiger partial charge in [-0.15, -0.1) is 0 Å². The first-order valence-electron chi connectivity index (χ1n) is 8.96. The van der Waals surface area contributed by atoms with Crippen molar-refractivity contribution in [2.45, 2.75) is 38.5 Å². The molecule has 0 atom stereocenters. The molecule has 0 amide bonds. The molecule has 1 fully saturated rings. The lowest BCUT2D eigenvalue weighted by Crippen LogP contribution is -2.20. The van der Waals surface area contributed by atoms with E-state index in [0.717, 1.165) is 12.8 Å². The van der Waals surface area contributed by atoms with E-state index in [4.69, 9.17) is 0 Å². The van der Waals surface area contributed by atoms with E-state index in [-0.39, 0.29) is 5.41 Å².